The number of fused-ring (bicyclic) bond motifs is 1. The van der Waals surface area contributed by atoms with Crippen molar-refractivity contribution in [1.29, 1.82) is 0 Å². The molecule has 1 atom stereocenters. The van der Waals surface area contributed by atoms with E-state index in [1.165, 1.54) is 4.68 Å². The Hall–Kier alpha value is -3.04. The minimum atomic E-state index is -5.10. The zero-order valence-electron chi connectivity index (χ0n) is 16.7. The lowest BCUT2D eigenvalue weighted by molar-refractivity contribution is -0.191. The number of alkyl halides is 3. The van der Waals surface area contributed by atoms with E-state index < -0.39 is 24.1 Å². The lowest BCUT2D eigenvalue weighted by atomic mass is 9.93. The minimum absolute atomic E-state index is 0.0690. The van der Waals surface area contributed by atoms with E-state index >= 15 is 0 Å². The predicted octanol–water partition coefficient (Wildman–Crippen LogP) is 2.79. The van der Waals surface area contributed by atoms with Crippen molar-refractivity contribution in [1.82, 2.24) is 14.7 Å². The van der Waals surface area contributed by atoms with E-state index in [9.17, 15) is 22.8 Å². The van der Waals surface area contributed by atoms with Gasteiger partial charge in [0, 0.05) is 19.0 Å². The Morgan fingerprint density at radius 2 is 2.00 bits per heavy atom. The number of nitrogens with two attached hydrogens (primary N) is 1. The van der Waals surface area contributed by atoms with Gasteiger partial charge in [0.1, 0.15) is 11.9 Å². The number of rotatable bonds is 5. The van der Waals surface area contributed by atoms with Crippen LogP contribution in [0.1, 0.15) is 36.6 Å². The Bertz CT molecular complexity index is 955. The SMILES string of the molecule is CCCCc1cc(N)n(-c2ccc3c(c2)CN(C(=O)C(F)(F)F)C(C(=O)OC)C3)n1. The summed E-state index contributed by atoms with van der Waals surface area (Å²) in [6, 6.07) is 5.52. The van der Waals surface area contributed by atoms with Gasteiger partial charge in [-0.25, -0.2) is 9.48 Å². The normalized spacial score (nSPS) is 16.3. The second-order valence-electron chi connectivity index (χ2n) is 7.20. The summed E-state index contributed by atoms with van der Waals surface area (Å²) in [6.07, 6.45) is -2.42. The molecule has 0 saturated heterocycles. The van der Waals surface area contributed by atoms with Gasteiger partial charge in [0.05, 0.1) is 18.5 Å². The van der Waals surface area contributed by atoms with E-state index in [1.54, 1.807) is 24.3 Å². The van der Waals surface area contributed by atoms with Crippen molar-refractivity contribution in [2.75, 3.05) is 12.8 Å². The average Bonchev–Trinajstić information content (AvgIpc) is 3.09. The highest BCUT2D eigenvalue weighted by atomic mass is 19.4. The van der Waals surface area contributed by atoms with Crippen molar-refractivity contribution in [3.05, 3.63) is 41.1 Å². The first-order valence-corrected chi connectivity index (χ1v) is 9.58. The van der Waals surface area contributed by atoms with E-state index in [4.69, 9.17) is 5.73 Å². The van der Waals surface area contributed by atoms with Crippen molar-refractivity contribution in [2.45, 2.75) is 51.4 Å². The number of carbonyl (C=O) groups is 2. The fourth-order valence-corrected chi connectivity index (χ4v) is 3.56. The number of nitrogens with zero attached hydrogens (tertiary/aromatic N) is 3. The second-order valence-corrected chi connectivity index (χ2v) is 7.20. The molecule has 0 fully saturated rings. The maximum Gasteiger partial charge on any atom is 0.471 e. The summed E-state index contributed by atoms with van der Waals surface area (Å²) in [7, 11) is 1.08. The van der Waals surface area contributed by atoms with Gasteiger partial charge in [0.25, 0.3) is 0 Å². The number of nitrogen functional groups attached to an aromatic ring is 1. The number of anilines is 1. The lowest BCUT2D eigenvalue weighted by Crippen LogP contribution is -2.53. The number of hydrogen-bond donors (Lipinski definition) is 1. The standard InChI is InChI=1S/C20H23F3N4O3/c1-3-4-5-14-10-17(24)27(25-14)15-7-6-12-9-16(18(28)30-2)26(11-13(12)8-15)19(29)20(21,22)23/h6-8,10,16H,3-5,9,11,24H2,1-2H3. The molecule has 1 aromatic heterocycles. The highest BCUT2D eigenvalue weighted by Crippen LogP contribution is 2.30. The third kappa shape index (κ3) is 4.27. The minimum Gasteiger partial charge on any atom is -0.467 e. The first-order valence-electron chi connectivity index (χ1n) is 9.58. The molecule has 2 heterocycles. The Morgan fingerprint density at radius 3 is 2.63 bits per heavy atom. The van der Waals surface area contributed by atoms with E-state index in [-0.39, 0.29) is 13.0 Å². The summed E-state index contributed by atoms with van der Waals surface area (Å²) in [5.41, 5.74) is 8.62. The molecule has 1 aliphatic heterocycles. The third-order valence-electron chi connectivity index (χ3n) is 5.12. The Balaban J connectivity index is 1.95. The maximum absolute atomic E-state index is 13.1. The van der Waals surface area contributed by atoms with Crippen molar-refractivity contribution in [3.63, 3.8) is 0 Å². The van der Waals surface area contributed by atoms with Crippen molar-refractivity contribution in [2.24, 2.45) is 0 Å². The number of esters is 1. The zero-order valence-corrected chi connectivity index (χ0v) is 16.7. The molecule has 2 N–H and O–H groups in total. The molecule has 10 heteroatoms. The zero-order chi connectivity index (χ0) is 22.1. The van der Waals surface area contributed by atoms with Gasteiger partial charge in [-0.3, -0.25) is 4.79 Å². The Morgan fingerprint density at radius 1 is 1.27 bits per heavy atom. The van der Waals surface area contributed by atoms with Gasteiger partial charge < -0.3 is 15.4 Å². The number of carbonyl (C=O) groups excluding carboxylic acids is 2. The molecule has 0 radical (unpaired) electrons. The fourth-order valence-electron chi connectivity index (χ4n) is 3.56. The van der Waals surface area contributed by atoms with Gasteiger partial charge in [-0.05, 0) is 36.1 Å². The first kappa shape index (κ1) is 21.7. The molecule has 1 aromatic carbocycles. The number of hydrogen-bond acceptors (Lipinski definition) is 5. The number of amides is 1. The van der Waals surface area contributed by atoms with Gasteiger partial charge in [-0.15, -0.1) is 0 Å². The number of benzene rings is 1. The van der Waals surface area contributed by atoms with Crippen LogP contribution in [0.3, 0.4) is 0 Å². The second kappa shape index (κ2) is 8.37. The molecule has 0 saturated carbocycles. The summed E-state index contributed by atoms with van der Waals surface area (Å²) in [5, 5.41) is 4.47. The summed E-state index contributed by atoms with van der Waals surface area (Å²) >= 11 is 0. The molecule has 3 rings (SSSR count). The largest absolute Gasteiger partial charge is 0.471 e. The van der Waals surface area contributed by atoms with E-state index in [1.807, 2.05) is 0 Å². The molecule has 30 heavy (non-hydrogen) atoms. The maximum atomic E-state index is 13.1. The molecule has 1 aliphatic rings. The number of aryl methyl sites for hydroxylation is 1. The summed E-state index contributed by atoms with van der Waals surface area (Å²) in [4.78, 5) is 24.5. The van der Waals surface area contributed by atoms with Crippen LogP contribution in [0.5, 0.6) is 0 Å². The first-order chi connectivity index (χ1) is 14.2. The molecule has 0 aliphatic carbocycles. The smallest absolute Gasteiger partial charge is 0.467 e. The molecular formula is C20H23F3N4O3. The fraction of sp³-hybridized carbons (Fsp3) is 0.450. The molecule has 162 valence electrons. The molecule has 1 amide bonds. The predicted molar refractivity (Wildman–Crippen MR) is 103 cm³/mol. The Labute approximate surface area is 171 Å². The Kier molecular flexibility index (Phi) is 6.04. The molecular weight excluding hydrogens is 401 g/mol. The van der Waals surface area contributed by atoms with Crippen LogP contribution in [-0.2, 0) is 33.7 Å². The summed E-state index contributed by atoms with van der Waals surface area (Å²) in [5.74, 6) is -2.55. The van der Waals surface area contributed by atoms with Crippen LogP contribution >= 0.6 is 0 Å². The van der Waals surface area contributed by atoms with Crippen LogP contribution in [0.4, 0.5) is 19.0 Å². The lowest BCUT2D eigenvalue weighted by Gasteiger charge is -2.35. The summed E-state index contributed by atoms with van der Waals surface area (Å²) in [6.45, 7) is 1.70. The molecule has 2 aromatic rings. The highest BCUT2D eigenvalue weighted by Gasteiger charge is 2.48. The van der Waals surface area contributed by atoms with Gasteiger partial charge in [-0.2, -0.15) is 18.3 Å². The number of methoxy groups -OCH3 is 1. The number of ether oxygens (including phenoxy) is 1. The summed E-state index contributed by atoms with van der Waals surface area (Å²) < 4.78 is 45.4. The molecule has 0 bridgehead atoms. The topological polar surface area (TPSA) is 90.5 Å². The van der Waals surface area contributed by atoms with Crippen LogP contribution < -0.4 is 5.73 Å². The molecule has 7 nitrogen and oxygen atoms in total. The number of unbranched alkanes of at least 4 members (excludes halogenated alkanes) is 1. The van der Waals surface area contributed by atoms with E-state index in [0.717, 1.165) is 32.1 Å². The van der Waals surface area contributed by atoms with Crippen molar-refractivity contribution >= 4 is 17.7 Å². The van der Waals surface area contributed by atoms with E-state index in [2.05, 4.69) is 16.8 Å². The van der Waals surface area contributed by atoms with Gasteiger partial charge in [0.2, 0.25) is 0 Å². The highest BCUT2D eigenvalue weighted by molar-refractivity contribution is 5.88. The van der Waals surface area contributed by atoms with Crippen molar-refractivity contribution < 1.29 is 27.5 Å². The van der Waals surface area contributed by atoms with Gasteiger partial charge in [0.15, 0.2) is 0 Å². The monoisotopic (exact) mass is 424 g/mol. The quantitative estimate of drug-likeness (QED) is 0.746. The van der Waals surface area contributed by atoms with Crippen LogP contribution in [0.2, 0.25) is 0 Å². The molecule has 1 unspecified atom stereocenters. The van der Waals surface area contributed by atoms with Gasteiger partial charge >= 0.3 is 18.1 Å². The van der Waals surface area contributed by atoms with Crippen LogP contribution in [-0.4, -0.2) is 45.9 Å². The van der Waals surface area contributed by atoms with Gasteiger partial charge in [-0.1, -0.05) is 19.4 Å². The van der Waals surface area contributed by atoms with E-state index in [0.29, 0.717) is 27.5 Å². The molecule has 0 spiro atoms. The number of aromatic nitrogens is 2. The van der Waals surface area contributed by atoms with Crippen LogP contribution in [0.25, 0.3) is 5.69 Å². The van der Waals surface area contributed by atoms with Crippen molar-refractivity contribution in [3.8, 4) is 5.69 Å². The van der Waals surface area contributed by atoms with Crippen LogP contribution in [0, 0.1) is 0 Å². The average molecular weight is 424 g/mol. The number of halogens is 3. The van der Waals surface area contributed by atoms with Crippen LogP contribution in [0.15, 0.2) is 24.3 Å². The third-order valence-corrected chi connectivity index (χ3v) is 5.12.